The third-order valence-electron chi connectivity index (χ3n) is 1.50. The number of hydrogen-bond donors (Lipinski definition) is 1. The third-order valence-corrected chi connectivity index (χ3v) is 2.57. The first-order valence-corrected chi connectivity index (χ1v) is 4.52. The zero-order valence-electron chi connectivity index (χ0n) is 6.31. The molecule has 0 amide bonds. The quantitative estimate of drug-likeness (QED) is 0.762. The summed E-state index contributed by atoms with van der Waals surface area (Å²) < 4.78 is 13.5. The molecule has 0 bridgehead atoms. The van der Waals surface area contributed by atoms with Crippen LogP contribution in [-0.4, -0.2) is 5.11 Å². The van der Waals surface area contributed by atoms with Gasteiger partial charge in [-0.1, -0.05) is 27.5 Å². The predicted octanol–water partition coefficient (Wildman–Crippen LogP) is 3.29. The first-order chi connectivity index (χ1) is 5.54. The number of rotatable bonds is 1. The van der Waals surface area contributed by atoms with E-state index in [1.165, 1.54) is 19.1 Å². The highest BCUT2D eigenvalue weighted by Gasteiger charge is 2.13. The van der Waals surface area contributed by atoms with Crippen LogP contribution in [0.3, 0.4) is 0 Å². The van der Waals surface area contributed by atoms with Gasteiger partial charge in [-0.05, 0) is 19.1 Å². The summed E-state index contributed by atoms with van der Waals surface area (Å²) >= 11 is 8.80. The molecule has 0 saturated heterocycles. The number of hydrogen-bond acceptors (Lipinski definition) is 1. The molecule has 0 heterocycles. The van der Waals surface area contributed by atoms with E-state index in [-0.39, 0.29) is 5.02 Å². The molecule has 1 atom stereocenters. The molecule has 0 aliphatic carbocycles. The van der Waals surface area contributed by atoms with Crippen LogP contribution in [0.25, 0.3) is 0 Å². The zero-order valence-corrected chi connectivity index (χ0v) is 8.66. The molecule has 0 spiro atoms. The summed E-state index contributed by atoms with van der Waals surface area (Å²) in [5, 5.41) is 9.20. The highest BCUT2D eigenvalue weighted by atomic mass is 79.9. The minimum absolute atomic E-state index is 0.0284. The van der Waals surface area contributed by atoms with E-state index in [0.29, 0.717) is 10.0 Å². The van der Waals surface area contributed by atoms with Gasteiger partial charge in [0.1, 0.15) is 5.82 Å². The summed E-state index contributed by atoms with van der Waals surface area (Å²) in [5.41, 5.74) is 0.386. The Morgan fingerprint density at radius 2 is 2.17 bits per heavy atom. The van der Waals surface area contributed by atoms with Crippen molar-refractivity contribution in [1.82, 2.24) is 0 Å². The van der Waals surface area contributed by atoms with Gasteiger partial charge in [-0.3, -0.25) is 0 Å². The molecule has 0 aliphatic rings. The summed E-state index contributed by atoms with van der Waals surface area (Å²) in [7, 11) is 0. The van der Waals surface area contributed by atoms with Crippen LogP contribution in [0.5, 0.6) is 0 Å². The Labute approximate surface area is 83.3 Å². The third kappa shape index (κ3) is 1.79. The molecule has 0 aliphatic heterocycles. The Balaban J connectivity index is 3.33. The van der Waals surface area contributed by atoms with Gasteiger partial charge in [0.2, 0.25) is 0 Å². The van der Waals surface area contributed by atoms with Crippen LogP contribution in [-0.2, 0) is 0 Å². The average molecular weight is 253 g/mol. The molecule has 0 fully saturated rings. The van der Waals surface area contributed by atoms with Gasteiger partial charge in [0.15, 0.2) is 0 Å². The van der Waals surface area contributed by atoms with Crippen LogP contribution in [0.1, 0.15) is 18.6 Å². The van der Waals surface area contributed by atoms with Gasteiger partial charge in [-0.2, -0.15) is 0 Å². The largest absolute Gasteiger partial charge is 0.389 e. The van der Waals surface area contributed by atoms with E-state index in [1.54, 1.807) is 0 Å². The number of halogens is 3. The Kier molecular flexibility index (Phi) is 3.09. The topological polar surface area (TPSA) is 20.2 Å². The van der Waals surface area contributed by atoms with Crippen LogP contribution in [0.15, 0.2) is 16.6 Å². The highest BCUT2D eigenvalue weighted by molar-refractivity contribution is 9.10. The summed E-state index contributed by atoms with van der Waals surface area (Å²) in [6.07, 6.45) is -0.775. The Morgan fingerprint density at radius 1 is 1.58 bits per heavy atom. The minimum atomic E-state index is -0.775. The average Bonchev–Trinajstić information content (AvgIpc) is 1.97. The summed E-state index contributed by atoms with van der Waals surface area (Å²) in [6, 6.07) is 2.77. The lowest BCUT2D eigenvalue weighted by Crippen LogP contribution is -1.95. The molecule has 1 unspecified atom stereocenters. The number of aliphatic hydroxyl groups excluding tert-OH is 1. The van der Waals surface area contributed by atoms with E-state index in [1.807, 2.05) is 0 Å². The van der Waals surface area contributed by atoms with Crippen molar-refractivity contribution in [3.63, 3.8) is 0 Å². The fraction of sp³-hybridized carbons (Fsp3) is 0.250. The fourth-order valence-corrected chi connectivity index (χ4v) is 2.02. The van der Waals surface area contributed by atoms with Crippen molar-refractivity contribution in [1.29, 1.82) is 0 Å². The molecular weight excluding hydrogens is 246 g/mol. The van der Waals surface area contributed by atoms with Gasteiger partial charge in [-0.15, -0.1) is 0 Å². The lowest BCUT2D eigenvalue weighted by atomic mass is 10.1. The van der Waals surface area contributed by atoms with Gasteiger partial charge in [-0.25, -0.2) is 4.39 Å². The van der Waals surface area contributed by atoms with Crippen molar-refractivity contribution in [2.45, 2.75) is 13.0 Å². The van der Waals surface area contributed by atoms with Crippen molar-refractivity contribution >= 4 is 27.5 Å². The van der Waals surface area contributed by atoms with Crippen LogP contribution in [0.2, 0.25) is 5.02 Å². The second kappa shape index (κ2) is 3.73. The van der Waals surface area contributed by atoms with E-state index in [4.69, 9.17) is 11.6 Å². The molecule has 1 rings (SSSR count). The Hall–Kier alpha value is -0.120. The lowest BCUT2D eigenvalue weighted by molar-refractivity contribution is 0.198. The smallest absolute Gasteiger partial charge is 0.142 e. The van der Waals surface area contributed by atoms with Crippen molar-refractivity contribution in [3.05, 3.63) is 33.0 Å². The standard InChI is InChI=1S/C8H7BrClFO/c1-4(12)7-5(9)2-3-6(11)8(7)10/h2-4,12H,1H3. The van der Waals surface area contributed by atoms with Crippen molar-refractivity contribution in [3.8, 4) is 0 Å². The molecule has 0 radical (unpaired) electrons. The van der Waals surface area contributed by atoms with Crippen molar-refractivity contribution in [2.75, 3.05) is 0 Å². The second-order valence-electron chi connectivity index (χ2n) is 2.43. The maximum atomic E-state index is 12.9. The highest BCUT2D eigenvalue weighted by Crippen LogP contribution is 2.32. The van der Waals surface area contributed by atoms with Gasteiger partial charge in [0.05, 0.1) is 11.1 Å². The molecule has 12 heavy (non-hydrogen) atoms. The van der Waals surface area contributed by atoms with Crippen molar-refractivity contribution in [2.24, 2.45) is 0 Å². The van der Waals surface area contributed by atoms with Gasteiger partial charge in [0, 0.05) is 10.0 Å². The summed E-state index contributed by atoms with van der Waals surface area (Å²) in [6.45, 7) is 1.53. The zero-order chi connectivity index (χ0) is 9.30. The second-order valence-corrected chi connectivity index (χ2v) is 3.67. The summed E-state index contributed by atoms with van der Waals surface area (Å²) in [4.78, 5) is 0. The van der Waals surface area contributed by atoms with Crippen molar-refractivity contribution < 1.29 is 9.50 Å². The molecule has 0 saturated carbocycles. The molecule has 1 aromatic rings. The number of aliphatic hydroxyl groups is 1. The van der Waals surface area contributed by atoms with Crippen LogP contribution in [0, 0.1) is 5.82 Å². The Bertz CT molecular complexity index is 301. The molecule has 1 aromatic carbocycles. The van der Waals surface area contributed by atoms with E-state index in [2.05, 4.69) is 15.9 Å². The SMILES string of the molecule is CC(O)c1c(Br)ccc(F)c1Cl. The minimum Gasteiger partial charge on any atom is -0.389 e. The first kappa shape index (κ1) is 9.96. The molecular formula is C8H7BrClFO. The molecule has 4 heteroatoms. The van der Waals surface area contributed by atoms with Gasteiger partial charge < -0.3 is 5.11 Å². The molecule has 0 aromatic heterocycles. The first-order valence-electron chi connectivity index (χ1n) is 3.35. The van der Waals surface area contributed by atoms with E-state index < -0.39 is 11.9 Å². The molecule has 1 nitrogen and oxygen atoms in total. The number of benzene rings is 1. The summed E-state index contributed by atoms with van der Waals surface area (Å²) in [5.74, 6) is -0.518. The van der Waals surface area contributed by atoms with Gasteiger partial charge in [0.25, 0.3) is 0 Å². The van der Waals surface area contributed by atoms with E-state index in [9.17, 15) is 9.50 Å². The monoisotopic (exact) mass is 252 g/mol. The van der Waals surface area contributed by atoms with Gasteiger partial charge >= 0.3 is 0 Å². The van der Waals surface area contributed by atoms with Crippen LogP contribution < -0.4 is 0 Å². The fourth-order valence-electron chi connectivity index (χ4n) is 0.926. The maximum absolute atomic E-state index is 12.9. The van der Waals surface area contributed by atoms with Crippen LogP contribution in [0.4, 0.5) is 4.39 Å². The lowest BCUT2D eigenvalue weighted by Gasteiger charge is -2.09. The van der Waals surface area contributed by atoms with E-state index in [0.717, 1.165) is 0 Å². The Morgan fingerprint density at radius 3 is 2.58 bits per heavy atom. The van der Waals surface area contributed by atoms with E-state index >= 15 is 0 Å². The predicted molar refractivity (Wildman–Crippen MR) is 49.7 cm³/mol. The molecule has 1 N–H and O–H groups in total. The van der Waals surface area contributed by atoms with Crippen LogP contribution >= 0.6 is 27.5 Å². The normalized spacial score (nSPS) is 13.1. The maximum Gasteiger partial charge on any atom is 0.142 e. The molecule has 66 valence electrons.